The number of aryl methyl sites for hydroxylation is 1. The van der Waals surface area contributed by atoms with Gasteiger partial charge in [-0.05, 0) is 25.8 Å². The van der Waals surface area contributed by atoms with Gasteiger partial charge >= 0.3 is 0 Å². The van der Waals surface area contributed by atoms with Crippen LogP contribution in [0, 0.1) is 6.92 Å². The average molecular weight is 273 g/mol. The third-order valence-corrected chi connectivity index (χ3v) is 3.05. The Morgan fingerprint density at radius 3 is 2.85 bits per heavy atom. The Balaban J connectivity index is 2.13. The van der Waals surface area contributed by atoms with Crippen LogP contribution in [0.5, 0.6) is 0 Å². The van der Waals surface area contributed by atoms with E-state index in [1.54, 1.807) is 0 Å². The van der Waals surface area contributed by atoms with Gasteiger partial charge in [0.15, 0.2) is 0 Å². The van der Waals surface area contributed by atoms with Gasteiger partial charge in [-0.25, -0.2) is 0 Å². The molecule has 1 atom stereocenters. The molecule has 0 fully saturated rings. The topological polar surface area (TPSA) is 68.0 Å². The number of hydrogen-bond donors (Lipinski definition) is 1. The number of rotatable bonds is 5. The zero-order valence-corrected chi connectivity index (χ0v) is 12.0. The van der Waals surface area contributed by atoms with E-state index in [0.717, 1.165) is 17.5 Å². The molecule has 106 valence electrons. The van der Waals surface area contributed by atoms with Gasteiger partial charge in [0.1, 0.15) is 6.04 Å². The molecule has 2 aromatic rings. The number of carbonyl (C=O) groups is 1. The van der Waals surface area contributed by atoms with Crippen LogP contribution >= 0.6 is 0 Å². The van der Waals surface area contributed by atoms with E-state index in [0.29, 0.717) is 18.1 Å². The maximum Gasteiger partial charge on any atom is 0.249 e. The molecule has 0 saturated heterocycles. The normalized spacial score (nSPS) is 12.2. The minimum atomic E-state index is -0.278. The number of benzene rings is 1. The monoisotopic (exact) mass is 273 g/mol. The van der Waals surface area contributed by atoms with E-state index in [4.69, 9.17) is 4.52 Å². The molecule has 0 aliphatic rings. The number of carbonyl (C=O) groups excluding carboxylic acids is 1. The van der Waals surface area contributed by atoms with Crippen molar-refractivity contribution in [3.63, 3.8) is 0 Å². The molecule has 20 heavy (non-hydrogen) atoms. The SMILES string of the molecule is CCCC(=O)N[C@H](C)c1nc(-c2ccccc2C)no1. The first-order valence-electron chi connectivity index (χ1n) is 6.80. The molecule has 2 rings (SSSR count). The molecule has 0 aliphatic carbocycles. The van der Waals surface area contributed by atoms with Crippen LogP contribution in [-0.2, 0) is 4.79 Å². The van der Waals surface area contributed by atoms with Crippen molar-refractivity contribution in [3.8, 4) is 11.4 Å². The Morgan fingerprint density at radius 2 is 2.15 bits per heavy atom. The summed E-state index contributed by atoms with van der Waals surface area (Å²) in [6.07, 6.45) is 1.32. The Morgan fingerprint density at radius 1 is 1.40 bits per heavy atom. The molecular formula is C15H19N3O2. The van der Waals surface area contributed by atoms with Gasteiger partial charge in [-0.2, -0.15) is 4.98 Å². The second kappa shape index (κ2) is 6.32. The number of hydrogen-bond acceptors (Lipinski definition) is 4. The summed E-state index contributed by atoms with van der Waals surface area (Å²) in [6, 6.07) is 7.57. The van der Waals surface area contributed by atoms with Gasteiger partial charge in [0.25, 0.3) is 0 Å². The number of aromatic nitrogens is 2. The summed E-state index contributed by atoms with van der Waals surface area (Å²) in [7, 11) is 0. The molecule has 1 aromatic heterocycles. The minimum Gasteiger partial charge on any atom is -0.345 e. The molecule has 0 radical (unpaired) electrons. The fraction of sp³-hybridized carbons (Fsp3) is 0.400. The molecule has 5 nitrogen and oxygen atoms in total. The summed E-state index contributed by atoms with van der Waals surface area (Å²) in [5, 5.41) is 6.83. The van der Waals surface area contributed by atoms with E-state index in [1.807, 2.05) is 45.0 Å². The lowest BCUT2D eigenvalue weighted by atomic mass is 10.1. The second-order valence-corrected chi connectivity index (χ2v) is 4.81. The molecule has 0 saturated carbocycles. The van der Waals surface area contributed by atoms with Gasteiger partial charge in [0, 0.05) is 12.0 Å². The molecule has 1 N–H and O–H groups in total. The molecule has 0 spiro atoms. The summed E-state index contributed by atoms with van der Waals surface area (Å²) >= 11 is 0. The maximum atomic E-state index is 11.6. The molecule has 1 amide bonds. The van der Waals surface area contributed by atoms with E-state index < -0.39 is 0 Å². The summed E-state index contributed by atoms with van der Waals surface area (Å²) in [5.41, 5.74) is 2.03. The zero-order chi connectivity index (χ0) is 14.5. The lowest BCUT2D eigenvalue weighted by Crippen LogP contribution is -2.26. The summed E-state index contributed by atoms with van der Waals surface area (Å²) in [4.78, 5) is 15.9. The Labute approximate surface area is 118 Å². The van der Waals surface area contributed by atoms with Crippen molar-refractivity contribution >= 4 is 5.91 Å². The van der Waals surface area contributed by atoms with Crippen molar-refractivity contribution in [2.75, 3.05) is 0 Å². The van der Waals surface area contributed by atoms with Crippen LogP contribution < -0.4 is 5.32 Å². The highest BCUT2D eigenvalue weighted by atomic mass is 16.5. The van der Waals surface area contributed by atoms with E-state index in [-0.39, 0.29) is 11.9 Å². The molecule has 5 heteroatoms. The largest absolute Gasteiger partial charge is 0.345 e. The maximum absolute atomic E-state index is 11.6. The molecular weight excluding hydrogens is 254 g/mol. The van der Waals surface area contributed by atoms with Crippen LogP contribution in [0.15, 0.2) is 28.8 Å². The van der Waals surface area contributed by atoms with Crippen LogP contribution in [0.25, 0.3) is 11.4 Å². The zero-order valence-electron chi connectivity index (χ0n) is 12.0. The predicted octanol–water partition coefficient (Wildman–Crippen LogP) is 3.02. The molecule has 0 bridgehead atoms. The van der Waals surface area contributed by atoms with Crippen molar-refractivity contribution in [1.82, 2.24) is 15.5 Å². The Bertz CT molecular complexity index is 592. The highest BCUT2D eigenvalue weighted by molar-refractivity contribution is 5.76. The van der Waals surface area contributed by atoms with Gasteiger partial charge in [0.05, 0.1) is 0 Å². The predicted molar refractivity (Wildman–Crippen MR) is 75.9 cm³/mol. The van der Waals surface area contributed by atoms with E-state index in [2.05, 4.69) is 15.5 Å². The van der Waals surface area contributed by atoms with Crippen LogP contribution in [0.3, 0.4) is 0 Å². The third-order valence-electron chi connectivity index (χ3n) is 3.05. The fourth-order valence-corrected chi connectivity index (χ4v) is 1.95. The van der Waals surface area contributed by atoms with Gasteiger partial charge in [-0.1, -0.05) is 36.3 Å². The highest BCUT2D eigenvalue weighted by Gasteiger charge is 2.17. The molecule has 1 aromatic carbocycles. The molecule has 1 heterocycles. The molecule has 0 aliphatic heterocycles. The smallest absolute Gasteiger partial charge is 0.249 e. The number of amides is 1. The first-order valence-corrected chi connectivity index (χ1v) is 6.80. The lowest BCUT2D eigenvalue weighted by Gasteiger charge is -2.08. The molecule has 0 unspecified atom stereocenters. The minimum absolute atomic E-state index is 0.00404. The first-order chi connectivity index (χ1) is 9.61. The standard InChI is InChI=1S/C15H19N3O2/c1-4-7-13(19)16-11(3)15-17-14(18-20-15)12-9-6-5-8-10(12)2/h5-6,8-9,11H,4,7H2,1-3H3,(H,16,19)/t11-/m1/s1. The van der Waals surface area contributed by atoms with E-state index in [1.165, 1.54) is 0 Å². The van der Waals surface area contributed by atoms with Crippen LogP contribution in [-0.4, -0.2) is 16.0 Å². The lowest BCUT2D eigenvalue weighted by molar-refractivity contribution is -0.121. The van der Waals surface area contributed by atoms with Gasteiger partial charge in [-0.3, -0.25) is 4.79 Å². The van der Waals surface area contributed by atoms with Gasteiger partial charge in [-0.15, -0.1) is 0 Å². The summed E-state index contributed by atoms with van der Waals surface area (Å²) in [6.45, 7) is 5.80. The quantitative estimate of drug-likeness (QED) is 0.909. The van der Waals surface area contributed by atoms with Crippen molar-refractivity contribution in [2.24, 2.45) is 0 Å². The summed E-state index contributed by atoms with van der Waals surface area (Å²) < 4.78 is 5.24. The average Bonchev–Trinajstić information content (AvgIpc) is 2.89. The Kier molecular flexibility index (Phi) is 4.50. The summed E-state index contributed by atoms with van der Waals surface area (Å²) in [5.74, 6) is 0.970. The van der Waals surface area contributed by atoms with Crippen LogP contribution in [0.4, 0.5) is 0 Å². The van der Waals surface area contributed by atoms with Crippen molar-refractivity contribution < 1.29 is 9.32 Å². The van der Waals surface area contributed by atoms with Crippen molar-refractivity contribution in [1.29, 1.82) is 0 Å². The van der Waals surface area contributed by atoms with Gasteiger partial charge in [0.2, 0.25) is 17.6 Å². The fourth-order valence-electron chi connectivity index (χ4n) is 1.95. The number of nitrogens with zero attached hydrogens (tertiary/aromatic N) is 2. The van der Waals surface area contributed by atoms with E-state index in [9.17, 15) is 4.79 Å². The van der Waals surface area contributed by atoms with Crippen molar-refractivity contribution in [3.05, 3.63) is 35.7 Å². The van der Waals surface area contributed by atoms with E-state index >= 15 is 0 Å². The third kappa shape index (κ3) is 3.23. The van der Waals surface area contributed by atoms with Gasteiger partial charge < -0.3 is 9.84 Å². The first kappa shape index (κ1) is 14.2. The highest BCUT2D eigenvalue weighted by Crippen LogP contribution is 2.21. The van der Waals surface area contributed by atoms with Crippen molar-refractivity contribution in [2.45, 2.75) is 39.7 Å². The van der Waals surface area contributed by atoms with Crippen LogP contribution in [0.2, 0.25) is 0 Å². The second-order valence-electron chi connectivity index (χ2n) is 4.81. The Hall–Kier alpha value is -2.17. The van der Waals surface area contributed by atoms with Crippen LogP contribution in [0.1, 0.15) is 44.2 Å². The number of nitrogens with one attached hydrogen (secondary N) is 1.